The van der Waals surface area contributed by atoms with Gasteiger partial charge >= 0.3 is 0 Å². The van der Waals surface area contributed by atoms with Crippen molar-refractivity contribution >= 4 is 40.3 Å². The summed E-state index contributed by atoms with van der Waals surface area (Å²) in [6.45, 7) is 4.56. The van der Waals surface area contributed by atoms with E-state index in [-0.39, 0.29) is 23.2 Å². The van der Waals surface area contributed by atoms with Crippen LogP contribution in [0.4, 0.5) is 5.82 Å². The Morgan fingerprint density at radius 2 is 2.16 bits per heavy atom. The van der Waals surface area contributed by atoms with Crippen LogP contribution in [0.1, 0.15) is 34.1 Å². The van der Waals surface area contributed by atoms with Gasteiger partial charge in [0.1, 0.15) is 11.4 Å². The van der Waals surface area contributed by atoms with Gasteiger partial charge in [0, 0.05) is 32.7 Å². The highest BCUT2D eigenvalue weighted by atomic mass is 35.5. The van der Waals surface area contributed by atoms with Crippen LogP contribution in [0, 0.1) is 11.8 Å². The van der Waals surface area contributed by atoms with Crippen molar-refractivity contribution in [2.45, 2.75) is 12.5 Å². The summed E-state index contributed by atoms with van der Waals surface area (Å²) in [5.74, 6) is 5.63. The van der Waals surface area contributed by atoms with Gasteiger partial charge in [0.25, 0.3) is 5.91 Å². The molecular weight excluding hydrogens is 430 g/mol. The molecule has 0 spiro atoms. The fraction of sp³-hybridized carbons (Fsp3) is 0.273. The number of aromatic nitrogens is 4. The normalized spacial score (nSPS) is 15.5. The van der Waals surface area contributed by atoms with Crippen LogP contribution in [-0.2, 0) is 11.8 Å². The van der Waals surface area contributed by atoms with Crippen molar-refractivity contribution in [3.8, 4) is 11.8 Å². The molecule has 164 valence electrons. The highest BCUT2D eigenvalue weighted by molar-refractivity contribution is 6.32. The Morgan fingerprint density at radius 1 is 1.38 bits per heavy atom. The molecular formula is C22H22ClN7O2. The number of nitrogens with two attached hydrogens (primary N) is 1. The summed E-state index contributed by atoms with van der Waals surface area (Å²) in [6, 6.07) is 3.47. The van der Waals surface area contributed by atoms with E-state index in [1.165, 1.54) is 6.08 Å². The van der Waals surface area contributed by atoms with E-state index in [0.717, 1.165) is 11.0 Å². The molecule has 32 heavy (non-hydrogen) atoms. The average Bonchev–Trinajstić information content (AvgIpc) is 3.48. The summed E-state index contributed by atoms with van der Waals surface area (Å²) in [5.41, 5.74) is 8.32. The highest BCUT2D eigenvalue weighted by Gasteiger charge is 2.31. The summed E-state index contributed by atoms with van der Waals surface area (Å²) >= 11 is 6.41. The van der Waals surface area contributed by atoms with Crippen molar-refractivity contribution in [3.63, 3.8) is 0 Å². The summed E-state index contributed by atoms with van der Waals surface area (Å²) in [4.78, 5) is 30.2. The largest absolute Gasteiger partial charge is 0.373 e. The molecule has 2 aromatic heterocycles. The first kappa shape index (κ1) is 21.5. The number of aryl methyl sites for hydroxylation is 1. The van der Waals surface area contributed by atoms with Crippen LogP contribution in [-0.4, -0.2) is 56.2 Å². The number of nitrogens with one attached hydrogen (secondary N) is 1. The third kappa shape index (κ3) is 3.69. The van der Waals surface area contributed by atoms with E-state index in [1.807, 2.05) is 11.6 Å². The van der Waals surface area contributed by atoms with Crippen LogP contribution in [0.3, 0.4) is 0 Å². The van der Waals surface area contributed by atoms with Crippen LogP contribution in [0.5, 0.6) is 0 Å². The van der Waals surface area contributed by atoms with E-state index in [0.29, 0.717) is 35.9 Å². The first-order valence-electron chi connectivity index (χ1n) is 9.98. The van der Waals surface area contributed by atoms with Gasteiger partial charge in [-0.25, -0.2) is 9.67 Å². The van der Waals surface area contributed by atoms with E-state index in [9.17, 15) is 9.59 Å². The van der Waals surface area contributed by atoms with Crippen molar-refractivity contribution in [3.05, 3.63) is 53.0 Å². The molecule has 1 aromatic carbocycles. The number of benzene rings is 1. The first-order chi connectivity index (χ1) is 15.3. The maximum atomic E-state index is 12.2. The van der Waals surface area contributed by atoms with Gasteiger partial charge < -0.3 is 20.5 Å². The minimum absolute atomic E-state index is 0.122. The van der Waals surface area contributed by atoms with Crippen LogP contribution < -0.4 is 11.1 Å². The summed E-state index contributed by atoms with van der Waals surface area (Å²) < 4.78 is 3.55. The third-order valence-electron chi connectivity index (χ3n) is 5.52. The van der Waals surface area contributed by atoms with Crippen molar-refractivity contribution in [1.82, 2.24) is 24.2 Å². The molecule has 3 aromatic rings. The molecule has 2 amide bonds. The number of hydrogen-bond donors (Lipinski definition) is 2. The van der Waals surface area contributed by atoms with Gasteiger partial charge in [-0.1, -0.05) is 24.1 Å². The van der Waals surface area contributed by atoms with E-state index in [2.05, 4.69) is 33.8 Å². The van der Waals surface area contributed by atoms with E-state index < -0.39 is 5.91 Å². The van der Waals surface area contributed by atoms with Crippen molar-refractivity contribution in [1.29, 1.82) is 0 Å². The van der Waals surface area contributed by atoms with E-state index in [4.69, 9.17) is 17.3 Å². The van der Waals surface area contributed by atoms with Gasteiger partial charge in [-0.05, 0) is 30.6 Å². The summed E-state index contributed by atoms with van der Waals surface area (Å²) in [7, 11) is 3.57. The lowest BCUT2D eigenvalue weighted by Crippen LogP contribution is -2.27. The molecule has 9 nitrogen and oxygen atoms in total. The maximum Gasteiger partial charge on any atom is 0.255 e. The van der Waals surface area contributed by atoms with Gasteiger partial charge in [0.15, 0.2) is 5.69 Å². The molecule has 1 saturated heterocycles. The predicted octanol–water partition coefficient (Wildman–Crippen LogP) is 1.92. The zero-order valence-electron chi connectivity index (χ0n) is 17.7. The van der Waals surface area contributed by atoms with E-state index in [1.54, 1.807) is 35.1 Å². The molecule has 0 unspecified atom stereocenters. The molecule has 1 aliphatic heterocycles. The lowest BCUT2D eigenvalue weighted by atomic mass is 10.1. The van der Waals surface area contributed by atoms with Crippen LogP contribution >= 0.6 is 11.6 Å². The Morgan fingerprint density at radius 3 is 2.84 bits per heavy atom. The van der Waals surface area contributed by atoms with Crippen molar-refractivity contribution in [2.24, 2.45) is 12.8 Å². The number of rotatable bonds is 4. The zero-order chi connectivity index (χ0) is 23.0. The molecule has 4 rings (SSSR count). The molecule has 0 radical (unpaired) electrons. The number of nitrogens with zero attached hydrogens (tertiary/aromatic N) is 5. The maximum absolute atomic E-state index is 12.2. The number of carbonyl (C=O) groups excluding carboxylic acids is 2. The molecule has 10 heteroatoms. The number of amides is 2. The molecule has 1 fully saturated rings. The minimum Gasteiger partial charge on any atom is -0.373 e. The fourth-order valence-electron chi connectivity index (χ4n) is 3.90. The number of hydrogen-bond acceptors (Lipinski definition) is 5. The number of carbonyl (C=O) groups is 2. The van der Waals surface area contributed by atoms with Gasteiger partial charge in [0.2, 0.25) is 5.91 Å². The monoisotopic (exact) mass is 451 g/mol. The molecule has 3 heterocycles. The first-order valence-corrected chi connectivity index (χ1v) is 10.4. The number of anilines is 1. The Labute approximate surface area is 189 Å². The topological polar surface area (TPSA) is 111 Å². The summed E-state index contributed by atoms with van der Waals surface area (Å²) in [6.07, 6.45) is 3.67. The van der Waals surface area contributed by atoms with Crippen molar-refractivity contribution < 1.29 is 9.59 Å². The second kappa shape index (κ2) is 8.40. The third-order valence-corrected chi connectivity index (χ3v) is 5.83. The van der Waals surface area contributed by atoms with Crippen LogP contribution in [0.2, 0.25) is 5.02 Å². The smallest absolute Gasteiger partial charge is 0.255 e. The SMILES string of the molecule is C=CC(=O)N1CC[C@H](n2nc(C#Cc3cc4ncn(C)c4cc3Cl)c(C(N)=O)c2NC)C1. The number of halogens is 1. The Kier molecular flexibility index (Phi) is 5.63. The Balaban J connectivity index is 1.74. The van der Waals surface area contributed by atoms with Crippen molar-refractivity contribution in [2.75, 3.05) is 25.5 Å². The standard InChI is InChI=1S/C22H22ClN7O2/c1-4-19(31)29-8-7-14(11-29)30-22(25-2)20(21(24)32)16(27-30)6-5-13-9-17-18(10-15(13)23)28(3)12-26-17/h4,9-10,12,14,25H,1,7-8,11H2,2-3H3,(H2,24,32)/t14-/m0/s1. The number of imidazole rings is 1. The van der Waals surface area contributed by atoms with Crippen LogP contribution in [0.25, 0.3) is 11.0 Å². The quantitative estimate of drug-likeness (QED) is 0.465. The van der Waals surface area contributed by atoms with Gasteiger partial charge in [-0.2, -0.15) is 5.10 Å². The second-order valence-electron chi connectivity index (χ2n) is 7.49. The fourth-order valence-corrected chi connectivity index (χ4v) is 4.11. The Bertz CT molecular complexity index is 1310. The van der Waals surface area contributed by atoms with Gasteiger partial charge in [-0.3, -0.25) is 9.59 Å². The number of primary amides is 1. The minimum atomic E-state index is -0.645. The molecule has 1 atom stereocenters. The van der Waals surface area contributed by atoms with E-state index >= 15 is 0 Å². The molecule has 0 saturated carbocycles. The predicted molar refractivity (Wildman–Crippen MR) is 122 cm³/mol. The average molecular weight is 452 g/mol. The van der Waals surface area contributed by atoms with Gasteiger partial charge in [-0.15, -0.1) is 0 Å². The molecule has 3 N–H and O–H groups in total. The Hall–Kier alpha value is -3.77. The second-order valence-corrected chi connectivity index (χ2v) is 7.90. The van der Waals surface area contributed by atoms with Crippen LogP contribution in [0.15, 0.2) is 31.1 Å². The number of fused-ring (bicyclic) bond motifs is 1. The highest BCUT2D eigenvalue weighted by Crippen LogP contribution is 2.29. The zero-order valence-corrected chi connectivity index (χ0v) is 18.5. The summed E-state index contributed by atoms with van der Waals surface area (Å²) in [5, 5.41) is 8.04. The molecule has 0 aliphatic carbocycles. The lowest BCUT2D eigenvalue weighted by molar-refractivity contribution is -0.125. The lowest BCUT2D eigenvalue weighted by Gasteiger charge is -2.16. The molecule has 1 aliphatic rings. The number of likely N-dealkylation sites (tertiary alicyclic amines) is 1. The molecule has 0 bridgehead atoms. The van der Waals surface area contributed by atoms with Gasteiger partial charge in [0.05, 0.1) is 28.4 Å².